The summed E-state index contributed by atoms with van der Waals surface area (Å²) < 4.78 is 5.29. The highest BCUT2D eigenvalue weighted by atomic mass is 32.1. The van der Waals surface area contributed by atoms with Gasteiger partial charge in [-0.1, -0.05) is 18.3 Å². The molecule has 1 aromatic heterocycles. The summed E-state index contributed by atoms with van der Waals surface area (Å²) in [7, 11) is 0. The van der Waals surface area contributed by atoms with Gasteiger partial charge in [-0.2, -0.15) is 0 Å². The molecule has 2 heterocycles. The predicted molar refractivity (Wildman–Crippen MR) is 70.9 cm³/mol. The zero-order valence-corrected chi connectivity index (χ0v) is 10.6. The quantitative estimate of drug-likeness (QED) is 0.802. The van der Waals surface area contributed by atoms with Crippen molar-refractivity contribution < 1.29 is 4.74 Å². The molecule has 0 aliphatic carbocycles. The molecule has 0 amide bonds. The molecular formula is C12H17N3OS. The number of pyridine rings is 1. The molecule has 0 saturated carbocycles. The summed E-state index contributed by atoms with van der Waals surface area (Å²) in [5, 5.41) is 3.26. The lowest BCUT2D eigenvalue weighted by Crippen LogP contribution is -2.43. The number of aromatic nitrogens is 1. The summed E-state index contributed by atoms with van der Waals surface area (Å²) in [6.07, 6.45) is 2.50. The molecule has 4 nitrogen and oxygen atoms in total. The van der Waals surface area contributed by atoms with E-state index in [1.165, 1.54) is 0 Å². The van der Waals surface area contributed by atoms with E-state index in [9.17, 15) is 0 Å². The fourth-order valence-corrected chi connectivity index (χ4v) is 1.90. The van der Waals surface area contributed by atoms with Crippen LogP contribution in [-0.2, 0) is 11.2 Å². The maximum Gasteiger partial charge on any atom is 0.0823 e. The fraction of sp³-hybridized carbons (Fsp3) is 0.500. The molecule has 1 N–H and O–H groups in total. The minimum atomic E-state index is 0.709. The molecule has 1 aromatic rings. The molecule has 0 unspecified atom stereocenters. The van der Waals surface area contributed by atoms with Gasteiger partial charge >= 0.3 is 0 Å². The third-order valence-corrected chi connectivity index (χ3v) is 2.96. The molecule has 1 saturated heterocycles. The highest BCUT2D eigenvalue weighted by molar-refractivity contribution is 7.80. The Hall–Kier alpha value is -1.04. The number of thiocarbonyl (C=S) groups is 1. The summed E-state index contributed by atoms with van der Waals surface area (Å²) in [6.45, 7) is 4.37. The van der Waals surface area contributed by atoms with Crippen molar-refractivity contribution in [1.82, 2.24) is 15.2 Å². The second-order valence-electron chi connectivity index (χ2n) is 3.99. The Labute approximate surface area is 107 Å². The van der Waals surface area contributed by atoms with Crippen molar-refractivity contribution in [1.29, 1.82) is 0 Å². The first-order valence-corrected chi connectivity index (χ1v) is 6.22. The number of morpholine rings is 1. The number of nitrogens with zero attached hydrogens (tertiary/aromatic N) is 2. The van der Waals surface area contributed by atoms with Gasteiger partial charge in [0.2, 0.25) is 0 Å². The van der Waals surface area contributed by atoms with E-state index in [1.807, 2.05) is 18.2 Å². The van der Waals surface area contributed by atoms with Crippen molar-refractivity contribution in [2.24, 2.45) is 0 Å². The summed E-state index contributed by atoms with van der Waals surface area (Å²) in [4.78, 5) is 7.39. The molecule has 0 bridgehead atoms. The molecule has 92 valence electrons. The number of nitrogens with one attached hydrogen (secondary N) is 1. The lowest BCUT2D eigenvalue weighted by Gasteiger charge is -2.27. The molecule has 0 aromatic carbocycles. The third kappa shape index (κ3) is 4.38. The smallest absolute Gasteiger partial charge is 0.0823 e. The number of hydrogen-bond donors (Lipinski definition) is 1. The van der Waals surface area contributed by atoms with E-state index in [-0.39, 0.29) is 0 Å². The SMILES string of the molecule is S=C(Cc1ccccn1)NCN1CCOCC1. The van der Waals surface area contributed by atoms with E-state index >= 15 is 0 Å². The molecule has 0 atom stereocenters. The number of hydrogen-bond acceptors (Lipinski definition) is 4. The van der Waals surface area contributed by atoms with E-state index in [0.29, 0.717) is 6.42 Å². The second-order valence-corrected chi connectivity index (χ2v) is 4.48. The lowest BCUT2D eigenvalue weighted by molar-refractivity contribution is 0.0367. The van der Waals surface area contributed by atoms with Crippen molar-refractivity contribution >= 4 is 17.2 Å². The van der Waals surface area contributed by atoms with Gasteiger partial charge in [-0.25, -0.2) is 0 Å². The third-order valence-electron chi connectivity index (χ3n) is 2.67. The first-order valence-electron chi connectivity index (χ1n) is 5.81. The van der Waals surface area contributed by atoms with Crippen LogP contribution in [-0.4, -0.2) is 47.8 Å². The average Bonchev–Trinajstić information content (AvgIpc) is 2.39. The van der Waals surface area contributed by atoms with Crippen molar-refractivity contribution in [3.8, 4) is 0 Å². The van der Waals surface area contributed by atoms with E-state index < -0.39 is 0 Å². The van der Waals surface area contributed by atoms with Crippen molar-refractivity contribution in [3.63, 3.8) is 0 Å². The first-order chi connectivity index (χ1) is 8.34. The minimum Gasteiger partial charge on any atom is -0.379 e. The van der Waals surface area contributed by atoms with Gasteiger partial charge in [0.15, 0.2) is 0 Å². The normalized spacial score (nSPS) is 16.7. The highest BCUT2D eigenvalue weighted by Crippen LogP contribution is 1.97. The standard InChI is InChI=1S/C12H17N3OS/c17-12(9-11-3-1-2-4-13-11)14-10-15-5-7-16-8-6-15/h1-4H,5-10H2,(H,14,17). The summed E-state index contributed by atoms with van der Waals surface area (Å²) in [5.41, 5.74) is 1.01. The van der Waals surface area contributed by atoms with Gasteiger partial charge in [0.25, 0.3) is 0 Å². The molecule has 0 spiro atoms. The van der Waals surface area contributed by atoms with Gasteiger partial charge in [-0.05, 0) is 12.1 Å². The monoisotopic (exact) mass is 251 g/mol. The van der Waals surface area contributed by atoms with Crippen LogP contribution in [0.4, 0.5) is 0 Å². The molecule has 1 aliphatic rings. The Morgan fingerprint density at radius 2 is 2.24 bits per heavy atom. The Morgan fingerprint density at radius 1 is 1.41 bits per heavy atom. The van der Waals surface area contributed by atoms with E-state index in [1.54, 1.807) is 6.20 Å². The van der Waals surface area contributed by atoms with Crippen LogP contribution in [0.25, 0.3) is 0 Å². The Kier molecular flexibility index (Phi) is 4.85. The van der Waals surface area contributed by atoms with Crippen LogP contribution in [0.1, 0.15) is 5.69 Å². The largest absolute Gasteiger partial charge is 0.379 e. The van der Waals surface area contributed by atoms with Gasteiger partial charge in [0.05, 0.1) is 24.9 Å². The van der Waals surface area contributed by atoms with E-state index in [0.717, 1.165) is 43.7 Å². The summed E-state index contributed by atoms with van der Waals surface area (Å²) in [5.74, 6) is 0. The van der Waals surface area contributed by atoms with Crippen LogP contribution in [0.2, 0.25) is 0 Å². The molecule has 1 fully saturated rings. The van der Waals surface area contributed by atoms with Crippen molar-refractivity contribution in [2.75, 3.05) is 33.0 Å². The zero-order chi connectivity index (χ0) is 11.9. The molecule has 17 heavy (non-hydrogen) atoms. The van der Waals surface area contributed by atoms with Crippen molar-refractivity contribution in [2.45, 2.75) is 6.42 Å². The van der Waals surface area contributed by atoms with Gasteiger partial charge in [0, 0.05) is 31.4 Å². The Bertz CT molecular complexity index is 352. The number of ether oxygens (including phenoxy) is 1. The van der Waals surface area contributed by atoms with Crippen LogP contribution >= 0.6 is 12.2 Å². The van der Waals surface area contributed by atoms with Crippen molar-refractivity contribution in [3.05, 3.63) is 30.1 Å². The molecule has 0 radical (unpaired) electrons. The van der Waals surface area contributed by atoms with Crippen LogP contribution in [0.15, 0.2) is 24.4 Å². The van der Waals surface area contributed by atoms with Gasteiger partial charge in [-0.3, -0.25) is 9.88 Å². The predicted octanol–water partition coefficient (Wildman–Crippen LogP) is 0.831. The molecule has 2 rings (SSSR count). The first kappa shape index (κ1) is 12.4. The Morgan fingerprint density at radius 3 is 2.94 bits per heavy atom. The second kappa shape index (κ2) is 6.64. The summed E-state index contributed by atoms with van der Waals surface area (Å²) in [6, 6.07) is 5.88. The zero-order valence-electron chi connectivity index (χ0n) is 9.76. The minimum absolute atomic E-state index is 0.709. The van der Waals surface area contributed by atoms with Crippen LogP contribution in [0, 0.1) is 0 Å². The average molecular weight is 251 g/mol. The molecule has 1 aliphatic heterocycles. The number of rotatable bonds is 4. The maximum atomic E-state index is 5.30. The van der Waals surface area contributed by atoms with E-state index in [4.69, 9.17) is 17.0 Å². The highest BCUT2D eigenvalue weighted by Gasteiger charge is 2.10. The Balaban J connectivity index is 1.70. The van der Waals surface area contributed by atoms with Gasteiger partial charge in [0.1, 0.15) is 0 Å². The molecular weight excluding hydrogens is 234 g/mol. The summed E-state index contributed by atoms with van der Waals surface area (Å²) >= 11 is 5.30. The molecule has 5 heteroatoms. The van der Waals surface area contributed by atoms with Crippen LogP contribution in [0.5, 0.6) is 0 Å². The van der Waals surface area contributed by atoms with Gasteiger partial charge < -0.3 is 10.1 Å². The topological polar surface area (TPSA) is 37.4 Å². The van der Waals surface area contributed by atoms with Gasteiger partial charge in [-0.15, -0.1) is 0 Å². The van der Waals surface area contributed by atoms with Crippen LogP contribution in [0.3, 0.4) is 0 Å². The fourth-order valence-electron chi connectivity index (χ4n) is 1.69. The lowest BCUT2D eigenvalue weighted by atomic mass is 10.3. The maximum absolute atomic E-state index is 5.30. The van der Waals surface area contributed by atoms with Crippen LogP contribution < -0.4 is 5.32 Å². The van der Waals surface area contributed by atoms with E-state index in [2.05, 4.69) is 15.2 Å².